The molecule has 0 saturated carbocycles. The Morgan fingerprint density at radius 2 is 2.14 bits per heavy atom. The summed E-state index contributed by atoms with van der Waals surface area (Å²) in [5, 5.41) is 4.12. The SMILES string of the molecule is CCOC(=O)c1ccc(N2CC(S(N)(=O)=O)CC2=O)c(N)c1. The summed E-state index contributed by atoms with van der Waals surface area (Å²) in [5.74, 6) is -0.898. The molecule has 0 aromatic heterocycles. The van der Waals surface area contributed by atoms with Crippen molar-refractivity contribution in [1.82, 2.24) is 0 Å². The molecular formula is C13H17N3O5S. The first kappa shape index (κ1) is 16.2. The zero-order chi connectivity index (χ0) is 16.5. The second kappa shape index (κ2) is 5.93. The number of nitrogens with zero attached hydrogens (tertiary/aromatic N) is 1. The fourth-order valence-corrected chi connectivity index (χ4v) is 3.00. The number of hydrogen-bond donors (Lipinski definition) is 2. The number of nitrogens with two attached hydrogens (primary N) is 2. The Balaban J connectivity index is 2.27. The molecule has 1 aliphatic heterocycles. The highest BCUT2D eigenvalue weighted by atomic mass is 32.2. The predicted molar refractivity (Wildman–Crippen MR) is 80.7 cm³/mol. The van der Waals surface area contributed by atoms with E-state index in [1.54, 1.807) is 6.92 Å². The van der Waals surface area contributed by atoms with Crippen LogP contribution in [0.2, 0.25) is 0 Å². The molecule has 0 radical (unpaired) electrons. The minimum Gasteiger partial charge on any atom is -0.462 e. The Morgan fingerprint density at radius 1 is 1.45 bits per heavy atom. The van der Waals surface area contributed by atoms with Gasteiger partial charge in [0, 0.05) is 13.0 Å². The van der Waals surface area contributed by atoms with Crippen molar-refractivity contribution in [2.75, 3.05) is 23.8 Å². The lowest BCUT2D eigenvalue weighted by molar-refractivity contribution is -0.117. The average Bonchev–Trinajstić information content (AvgIpc) is 2.81. The van der Waals surface area contributed by atoms with E-state index in [0.717, 1.165) is 0 Å². The average molecular weight is 327 g/mol. The molecule has 1 heterocycles. The topological polar surface area (TPSA) is 133 Å². The van der Waals surface area contributed by atoms with Crippen LogP contribution in [0.1, 0.15) is 23.7 Å². The number of sulfonamides is 1. The summed E-state index contributed by atoms with van der Waals surface area (Å²) in [4.78, 5) is 24.9. The number of esters is 1. The summed E-state index contributed by atoms with van der Waals surface area (Å²) in [6, 6.07) is 4.36. The first-order valence-electron chi connectivity index (χ1n) is 6.62. The Morgan fingerprint density at radius 3 is 2.64 bits per heavy atom. The molecule has 8 nitrogen and oxygen atoms in total. The summed E-state index contributed by atoms with van der Waals surface area (Å²) >= 11 is 0. The van der Waals surface area contributed by atoms with Gasteiger partial charge in [-0.25, -0.2) is 18.4 Å². The fourth-order valence-electron chi connectivity index (χ4n) is 2.27. The summed E-state index contributed by atoms with van der Waals surface area (Å²) in [7, 11) is -3.80. The quantitative estimate of drug-likeness (QED) is 0.583. The maximum Gasteiger partial charge on any atom is 0.338 e. The van der Waals surface area contributed by atoms with Crippen LogP contribution in [0.3, 0.4) is 0 Å². The van der Waals surface area contributed by atoms with Crippen LogP contribution < -0.4 is 15.8 Å². The number of nitrogen functional groups attached to an aromatic ring is 1. The second-order valence-electron chi connectivity index (χ2n) is 4.91. The van der Waals surface area contributed by atoms with Gasteiger partial charge < -0.3 is 15.4 Å². The summed E-state index contributed by atoms with van der Waals surface area (Å²) in [6.45, 7) is 1.87. The van der Waals surface area contributed by atoms with Gasteiger partial charge in [-0.2, -0.15) is 0 Å². The molecule has 1 aliphatic rings. The number of rotatable bonds is 4. The van der Waals surface area contributed by atoms with E-state index in [1.165, 1.54) is 23.1 Å². The largest absolute Gasteiger partial charge is 0.462 e. The van der Waals surface area contributed by atoms with Gasteiger partial charge in [-0.1, -0.05) is 0 Å². The molecule has 1 aromatic rings. The van der Waals surface area contributed by atoms with Gasteiger partial charge >= 0.3 is 5.97 Å². The molecular weight excluding hydrogens is 310 g/mol. The van der Waals surface area contributed by atoms with Gasteiger partial charge in [0.2, 0.25) is 15.9 Å². The van der Waals surface area contributed by atoms with Gasteiger partial charge in [-0.15, -0.1) is 0 Å². The number of hydrogen-bond acceptors (Lipinski definition) is 6. The molecule has 1 atom stereocenters. The monoisotopic (exact) mass is 327 g/mol. The van der Waals surface area contributed by atoms with Crippen molar-refractivity contribution >= 4 is 33.3 Å². The predicted octanol–water partition coefficient (Wildman–Crippen LogP) is -0.161. The molecule has 9 heteroatoms. The van der Waals surface area contributed by atoms with Crippen LogP contribution in [0.5, 0.6) is 0 Å². The molecule has 0 aliphatic carbocycles. The number of anilines is 2. The first-order chi connectivity index (χ1) is 10.2. The van der Waals surface area contributed by atoms with Crippen LogP contribution in [0.4, 0.5) is 11.4 Å². The van der Waals surface area contributed by atoms with Crippen LogP contribution in [0.25, 0.3) is 0 Å². The van der Waals surface area contributed by atoms with E-state index in [9.17, 15) is 18.0 Å². The number of carbonyl (C=O) groups excluding carboxylic acids is 2. The Labute approximate surface area is 128 Å². The van der Waals surface area contributed by atoms with Crippen LogP contribution in [0.15, 0.2) is 18.2 Å². The Bertz CT molecular complexity index is 716. The third-order valence-electron chi connectivity index (χ3n) is 3.38. The van der Waals surface area contributed by atoms with Gasteiger partial charge in [0.25, 0.3) is 0 Å². The highest BCUT2D eigenvalue weighted by Crippen LogP contribution is 2.30. The molecule has 1 amide bonds. The van der Waals surface area contributed by atoms with E-state index in [0.29, 0.717) is 5.69 Å². The zero-order valence-electron chi connectivity index (χ0n) is 12.0. The lowest BCUT2D eigenvalue weighted by Crippen LogP contribution is -2.32. The molecule has 1 saturated heterocycles. The van der Waals surface area contributed by atoms with E-state index in [2.05, 4.69) is 0 Å². The van der Waals surface area contributed by atoms with E-state index in [1.807, 2.05) is 0 Å². The third kappa shape index (κ3) is 3.20. The molecule has 120 valence electrons. The van der Waals surface area contributed by atoms with Crippen molar-refractivity contribution in [3.05, 3.63) is 23.8 Å². The van der Waals surface area contributed by atoms with Crippen LogP contribution in [-0.4, -0.2) is 38.7 Å². The lowest BCUT2D eigenvalue weighted by Gasteiger charge is -2.19. The van der Waals surface area contributed by atoms with Crippen molar-refractivity contribution in [3.63, 3.8) is 0 Å². The van der Waals surface area contributed by atoms with Gasteiger partial charge in [0.15, 0.2) is 0 Å². The first-order valence-corrected chi connectivity index (χ1v) is 8.23. The van der Waals surface area contributed by atoms with Gasteiger partial charge in [-0.3, -0.25) is 4.79 Å². The molecule has 0 spiro atoms. The van der Waals surface area contributed by atoms with E-state index in [-0.39, 0.29) is 36.7 Å². The van der Waals surface area contributed by atoms with Crippen molar-refractivity contribution in [2.45, 2.75) is 18.6 Å². The fraction of sp³-hybridized carbons (Fsp3) is 0.385. The zero-order valence-corrected chi connectivity index (χ0v) is 12.8. The number of ether oxygens (including phenoxy) is 1. The maximum atomic E-state index is 12.0. The molecule has 1 fully saturated rings. The van der Waals surface area contributed by atoms with Crippen molar-refractivity contribution < 1.29 is 22.7 Å². The highest BCUT2D eigenvalue weighted by Gasteiger charge is 2.37. The van der Waals surface area contributed by atoms with E-state index in [4.69, 9.17) is 15.6 Å². The summed E-state index contributed by atoms with van der Waals surface area (Å²) in [6.07, 6.45) is -0.183. The number of carbonyl (C=O) groups is 2. The third-order valence-corrected chi connectivity index (χ3v) is 4.63. The molecule has 1 unspecified atom stereocenters. The molecule has 22 heavy (non-hydrogen) atoms. The van der Waals surface area contributed by atoms with Crippen LogP contribution >= 0.6 is 0 Å². The normalized spacial score (nSPS) is 18.5. The standard InChI is InChI=1S/C13H17N3O5S/c1-2-21-13(18)8-3-4-11(10(14)5-8)16-7-9(6-12(16)17)22(15,19)20/h3-5,9H,2,6-7,14H2,1H3,(H2,15,19,20). The highest BCUT2D eigenvalue weighted by molar-refractivity contribution is 7.89. The van der Waals surface area contributed by atoms with Crippen LogP contribution in [-0.2, 0) is 19.6 Å². The minimum absolute atomic E-state index is 0.0549. The van der Waals surface area contributed by atoms with E-state index < -0.39 is 21.2 Å². The van der Waals surface area contributed by atoms with Crippen molar-refractivity contribution in [3.8, 4) is 0 Å². The van der Waals surface area contributed by atoms with Gasteiger partial charge in [-0.05, 0) is 25.1 Å². The van der Waals surface area contributed by atoms with Gasteiger partial charge in [0.1, 0.15) is 5.25 Å². The molecule has 2 rings (SSSR count). The summed E-state index contributed by atoms with van der Waals surface area (Å²) in [5.41, 5.74) is 6.67. The van der Waals surface area contributed by atoms with Crippen LogP contribution in [0, 0.1) is 0 Å². The summed E-state index contributed by atoms with van der Waals surface area (Å²) < 4.78 is 27.6. The van der Waals surface area contributed by atoms with Crippen molar-refractivity contribution in [1.29, 1.82) is 0 Å². The lowest BCUT2D eigenvalue weighted by atomic mass is 10.1. The van der Waals surface area contributed by atoms with Gasteiger partial charge in [0.05, 0.1) is 23.5 Å². The number of amides is 1. The van der Waals surface area contributed by atoms with Crippen molar-refractivity contribution in [2.24, 2.45) is 5.14 Å². The van der Waals surface area contributed by atoms with E-state index >= 15 is 0 Å². The maximum absolute atomic E-state index is 12.0. The molecule has 0 bridgehead atoms. The Hall–Kier alpha value is -2.13. The number of benzene rings is 1. The second-order valence-corrected chi connectivity index (χ2v) is 6.76. The Kier molecular flexibility index (Phi) is 4.38. The smallest absolute Gasteiger partial charge is 0.338 e. The number of primary sulfonamides is 1. The molecule has 4 N–H and O–H groups in total. The minimum atomic E-state index is -3.80. The molecule has 1 aromatic carbocycles.